The molecule has 1 aliphatic carbocycles. The van der Waals surface area contributed by atoms with E-state index in [9.17, 15) is 14.4 Å². The summed E-state index contributed by atoms with van der Waals surface area (Å²) >= 11 is 1.27. The summed E-state index contributed by atoms with van der Waals surface area (Å²) in [6, 6.07) is 26.4. The highest BCUT2D eigenvalue weighted by Crippen LogP contribution is 2.41. The topological polar surface area (TPSA) is 110 Å². The van der Waals surface area contributed by atoms with Crippen LogP contribution in [0.5, 0.6) is 5.75 Å². The molecule has 0 spiro atoms. The third-order valence-electron chi connectivity index (χ3n) is 12.3. The number of methoxy groups -OCH3 is 1. The molecule has 0 radical (unpaired) electrons. The van der Waals surface area contributed by atoms with Crippen LogP contribution in [0.4, 0.5) is 4.39 Å². The number of carbonyl (C=O) groups is 1. The summed E-state index contributed by atoms with van der Waals surface area (Å²) in [6.07, 6.45) is 5.44. The minimum atomic E-state index is -2.80. The first-order valence-electron chi connectivity index (χ1n) is 20.6. The standard InChI is InChI=1S/C46H52FN5O6SSi/c1-30-40-42(54)52(37-24-27-49(5)41(37)53)45(55)50(44(40)59-43(30)51-26-13-25-48-51)29-39(36-28-31(47)18-23-38(36)56-6)57-32-19-21-33(22-20-32)58-60(46(2,3)4,34-14-9-7-10-15-34)35-16-11-8-12-17-35/h7-18,23,25-26,28,32-33,37,39H,19-22,24,27,29H2,1-6H3/t32-,33+,37-,39+/m1/s1. The highest BCUT2D eigenvalue weighted by molar-refractivity contribution is 7.21. The van der Waals surface area contributed by atoms with Crippen molar-refractivity contribution in [3.63, 3.8) is 0 Å². The van der Waals surface area contributed by atoms with Crippen molar-refractivity contribution < 1.29 is 23.1 Å². The number of aromatic nitrogens is 4. The Bertz CT molecular complexity index is 2560. The van der Waals surface area contributed by atoms with E-state index in [0.29, 0.717) is 57.9 Å². The smallest absolute Gasteiger partial charge is 0.332 e. The van der Waals surface area contributed by atoms with Crippen molar-refractivity contribution in [2.45, 2.75) is 95.7 Å². The van der Waals surface area contributed by atoms with Crippen LogP contribution >= 0.6 is 11.3 Å². The van der Waals surface area contributed by atoms with Crippen molar-refractivity contribution >= 4 is 46.2 Å². The van der Waals surface area contributed by atoms with E-state index in [1.54, 1.807) is 36.3 Å². The molecule has 11 nitrogen and oxygen atoms in total. The Balaban J connectivity index is 1.16. The first-order valence-corrected chi connectivity index (χ1v) is 23.4. The number of likely N-dealkylation sites (tertiary alicyclic amines) is 1. The van der Waals surface area contributed by atoms with E-state index >= 15 is 4.39 Å². The van der Waals surface area contributed by atoms with Gasteiger partial charge in [0.2, 0.25) is 5.91 Å². The quantitative estimate of drug-likeness (QED) is 0.123. The van der Waals surface area contributed by atoms with Gasteiger partial charge >= 0.3 is 5.69 Å². The van der Waals surface area contributed by atoms with Gasteiger partial charge in [-0.15, -0.1) is 0 Å². The molecule has 3 aromatic carbocycles. The number of hydrogen-bond donors (Lipinski definition) is 0. The summed E-state index contributed by atoms with van der Waals surface area (Å²) in [5, 5.41) is 7.70. The van der Waals surface area contributed by atoms with E-state index in [1.165, 1.54) is 50.4 Å². The van der Waals surface area contributed by atoms with E-state index in [0.717, 1.165) is 17.4 Å². The fourth-order valence-electron chi connectivity index (χ4n) is 9.24. The van der Waals surface area contributed by atoms with E-state index in [1.807, 2.05) is 19.1 Å². The highest BCUT2D eigenvalue weighted by atomic mass is 32.1. The van der Waals surface area contributed by atoms with Crippen molar-refractivity contribution in [2.24, 2.45) is 0 Å². The molecular weight excluding hydrogens is 798 g/mol. The normalized spacial score (nSPS) is 19.3. The second-order valence-corrected chi connectivity index (χ2v) is 22.2. The van der Waals surface area contributed by atoms with E-state index in [4.69, 9.17) is 13.9 Å². The van der Waals surface area contributed by atoms with Gasteiger partial charge in [0.1, 0.15) is 33.5 Å². The number of benzene rings is 3. The van der Waals surface area contributed by atoms with Crippen LogP contribution < -0.4 is 26.4 Å². The van der Waals surface area contributed by atoms with Gasteiger partial charge in [0, 0.05) is 43.2 Å². The number of carbonyl (C=O) groups excluding carboxylic acids is 1. The fraction of sp³-hybridized carbons (Fsp3) is 0.391. The third kappa shape index (κ3) is 7.48. The van der Waals surface area contributed by atoms with Crippen molar-refractivity contribution in [1.29, 1.82) is 0 Å². The highest BCUT2D eigenvalue weighted by Gasteiger charge is 2.51. The predicted octanol–water partition coefficient (Wildman–Crippen LogP) is 6.92. The number of aryl methyl sites for hydroxylation is 1. The average molecular weight is 850 g/mol. The zero-order chi connectivity index (χ0) is 42.3. The molecule has 2 atom stereocenters. The number of fused-ring (bicyclic) bond motifs is 1. The average Bonchev–Trinajstić information content (AvgIpc) is 3.98. The van der Waals surface area contributed by atoms with Crippen molar-refractivity contribution in [1.82, 2.24) is 23.8 Å². The molecule has 14 heteroatoms. The summed E-state index contributed by atoms with van der Waals surface area (Å²) in [4.78, 5) is 44.5. The van der Waals surface area contributed by atoms with Crippen LogP contribution in [0, 0.1) is 12.7 Å². The third-order valence-corrected chi connectivity index (χ3v) is 18.7. The molecule has 1 amide bonds. The van der Waals surface area contributed by atoms with Gasteiger partial charge in [-0.3, -0.25) is 14.2 Å². The second kappa shape index (κ2) is 16.7. The van der Waals surface area contributed by atoms with E-state index in [2.05, 4.69) is 74.4 Å². The molecule has 0 bridgehead atoms. The number of nitrogens with zero attached hydrogens (tertiary/aromatic N) is 5. The van der Waals surface area contributed by atoms with Crippen LogP contribution in [-0.4, -0.2) is 70.9 Å². The summed E-state index contributed by atoms with van der Waals surface area (Å²) in [5.41, 5.74) is -0.0591. The van der Waals surface area contributed by atoms with Crippen LogP contribution in [0.1, 0.15) is 76.1 Å². The number of halogens is 1. The Morgan fingerprint density at radius 1 is 0.900 bits per heavy atom. The number of ether oxygens (including phenoxy) is 2. The zero-order valence-electron chi connectivity index (χ0n) is 35.0. The van der Waals surface area contributed by atoms with E-state index in [-0.39, 0.29) is 29.7 Å². The summed E-state index contributed by atoms with van der Waals surface area (Å²) < 4.78 is 39.8. The number of likely N-dealkylation sites (N-methyl/N-ethyl adjacent to an activating group) is 1. The lowest BCUT2D eigenvalue weighted by molar-refractivity contribution is -0.129. The summed E-state index contributed by atoms with van der Waals surface area (Å²) in [5.74, 6) is -0.358. The molecule has 60 heavy (non-hydrogen) atoms. The zero-order valence-corrected chi connectivity index (χ0v) is 36.8. The van der Waals surface area contributed by atoms with E-state index < -0.39 is 37.5 Å². The number of rotatable bonds is 12. The number of thiophene rings is 1. The molecule has 1 aliphatic heterocycles. The minimum Gasteiger partial charge on any atom is -0.496 e. The maximum atomic E-state index is 15.2. The molecule has 8 rings (SSSR count). The van der Waals surface area contributed by atoms with Gasteiger partial charge in [0.05, 0.1) is 25.1 Å². The molecule has 6 aromatic rings. The summed E-state index contributed by atoms with van der Waals surface area (Å²) in [7, 11) is 0.396. The van der Waals surface area contributed by atoms with Gasteiger partial charge in [0.15, 0.2) is 0 Å². The lowest BCUT2D eigenvalue weighted by Gasteiger charge is -2.46. The Morgan fingerprint density at radius 3 is 2.12 bits per heavy atom. The molecule has 0 N–H and O–H groups in total. The number of hydrogen-bond acceptors (Lipinski definition) is 8. The van der Waals surface area contributed by atoms with Gasteiger partial charge in [-0.1, -0.05) is 92.8 Å². The molecular formula is C46H52FN5O6SSi. The van der Waals surface area contributed by atoms with Crippen LogP contribution in [-0.2, 0) is 20.5 Å². The van der Waals surface area contributed by atoms with Crippen LogP contribution in [0.15, 0.2) is 107 Å². The first kappa shape index (κ1) is 41.6. The summed E-state index contributed by atoms with van der Waals surface area (Å²) in [6.45, 7) is 9.02. The Hall–Kier alpha value is -5.15. The van der Waals surface area contributed by atoms with Crippen molar-refractivity contribution in [3.8, 4) is 10.8 Å². The second-order valence-electron chi connectivity index (χ2n) is 17.0. The molecule has 2 fully saturated rings. The van der Waals surface area contributed by atoms with Crippen molar-refractivity contribution in [3.05, 3.63) is 135 Å². The van der Waals surface area contributed by atoms with Gasteiger partial charge in [-0.25, -0.2) is 18.4 Å². The fourth-order valence-corrected chi connectivity index (χ4v) is 15.2. The lowest BCUT2D eigenvalue weighted by Crippen LogP contribution is -2.67. The molecule has 3 aromatic heterocycles. The van der Waals surface area contributed by atoms with Crippen LogP contribution in [0.2, 0.25) is 5.04 Å². The predicted molar refractivity (Wildman–Crippen MR) is 235 cm³/mol. The molecule has 4 heterocycles. The van der Waals surface area contributed by atoms with Gasteiger partial charge in [-0.2, -0.15) is 5.10 Å². The molecule has 1 saturated carbocycles. The Morgan fingerprint density at radius 2 is 1.55 bits per heavy atom. The molecule has 2 aliphatic rings. The van der Waals surface area contributed by atoms with Gasteiger partial charge < -0.3 is 18.8 Å². The molecule has 0 unspecified atom stereocenters. The maximum Gasteiger partial charge on any atom is 0.332 e. The molecule has 1 saturated heterocycles. The van der Waals surface area contributed by atoms with Crippen LogP contribution in [0.3, 0.4) is 0 Å². The lowest BCUT2D eigenvalue weighted by atomic mass is 9.94. The first-order chi connectivity index (χ1) is 28.8. The van der Waals surface area contributed by atoms with Gasteiger partial charge in [-0.05, 0) is 78.7 Å². The Kier molecular flexibility index (Phi) is 11.6. The SMILES string of the molecule is COc1ccc(F)cc1[C@H](Cn1c(=O)n([C@@H]2CCN(C)C2=O)c(=O)c2c(C)c(-n3cccn3)sc21)O[C@H]1CC[C@@H](O[Si](c2ccccc2)(c2ccccc2)C(C)(C)C)CC1. The minimum absolute atomic E-state index is 0.0269. The van der Waals surface area contributed by atoms with Crippen LogP contribution in [0.25, 0.3) is 15.2 Å². The Labute approximate surface area is 354 Å². The van der Waals surface area contributed by atoms with Crippen molar-refractivity contribution in [2.75, 3.05) is 20.7 Å². The van der Waals surface area contributed by atoms with Gasteiger partial charge in [0.25, 0.3) is 13.9 Å². The molecule has 314 valence electrons. The monoisotopic (exact) mass is 849 g/mol. The largest absolute Gasteiger partial charge is 0.496 e. The maximum absolute atomic E-state index is 15.2. The number of amides is 1.